The van der Waals surface area contributed by atoms with Crippen molar-refractivity contribution in [3.05, 3.63) is 52.6 Å². The summed E-state index contributed by atoms with van der Waals surface area (Å²) in [5.74, 6) is 0.520. The number of nitrogens with one attached hydrogen (secondary N) is 1. The second-order valence-corrected chi connectivity index (χ2v) is 6.86. The molecule has 1 N–H and O–H groups in total. The molecule has 0 unspecified atom stereocenters. The van der Waals surface area contributed by atoms with Crippen molar-refractivity contribution in [2.24, 2.45) is 0 Å². The van der Waals surface area contributed by atoms with Gasteiger partial charge in [0.25, 0.3) is 0 Å². The molecule has 1 aromatic carbocycles. The van der Waals surface area contributed by atoms with Gasteiger partial charge in [-0.25, -0.2) is 4.98 Å². The number of amides is 1. The predicted molar refractivity (Wildman–Crippen MR) is 100 cm³/mol. The molecule has 2 aromatic rings. The summed E-state index contributed by atoms with van der Waals surface area (Å²) < 4.78 is 0.943. The predicted octanol–water partition coefficient (Wildman–Crippen LogP) is 2.78. The minimum absolute atomic E-state index is 0.0678. The Kier molecular flexibility index (Phi) is 5.48. The lowest BCUT2D eigenvalue weighted by Crippen LogP contribution is -2.44. The first kappa shape index (κ1) is 16.9. The van der Waals surface area contributed by atoms with E-state index in [4.69, 9.17) is 0 Å². The Bertz CT molecular complexity index is 696. The Morgan fingerprint density at radius 2 is 1.92 bits per heavy atom. The van der Waals surface area contributed by atoms with Gasteiger partial charge in [0.2, 0.25) is 5.91 Å². The number of piperazine rings is 1. The summed E-state index contributed by atoms with van der Waals surface area (Å²) in [6.07, 6.45) is 2.16. The molecule has 1 amide bonds. The van der Waals surface area contributed by atoms with Crippen LogP contribution in [-0.4, -0.2) is 49.0 Å². The number of hydrogen-bond acceptors (Lipinski definition) is 4. The number of benzene rings is 1. The van der Waals surface area contributed by atoms with Crippen molar-refractivity contribution in [3.63, 3.8) is 0 Å². The third kappa shape index (κ3) is 4.33. The topological polar surface area (TPSA) is 48.5 Å². The lowest BCUT2D eigenvalue weighted by molar-refractivity contribution is -0.115. The van der Waals surface area contributed by atoms with Crippen molar-refractivity contribution in [3.8, 4) is 0 Å². The maximum atomic E-state index is 12.2. The van der Waals surface area contributed by atoms with Crippen LogP contribution in [-0.2, 0) is 11.2 Å². The Balaban J connectivity index is 1.58. The molecule has 1 aromatic heterocycles. The van der Waals surface area contributed by atoms with Crippen molar-refractivity contribution < 1.29 is 4.79 Å². The number of carbonyl (C=O) groups excluding carboxylic acids is 1. The monoisotopic (exact) mass is 388 g/mol. The average molecular weight is 389 g/mol. The number of halogens is 1. The van der Waals surface area contributed by atoms with E-state index in [1.165, 1.54) is 0 Å². The van der Waals surface area contributed by atoms with Crippen LogP contribution < -0.4 is 10.2 Å². The van der Waals surface area contributed by atoms with Gasteiger partial charge >= 0.3 is 0 Å². The van der Waals surface area contributed by atoms with Gasteiger partial charge < -0.3 is 15.1 Å². The molecule has 1 fully saturated rings. The molecule has 0 bridgehead atoms. The fourth-order valence-corrected chi connectivity index (χ4v) is 3.14. The van der Waals surface area contributed by atoms with E-state index in [0.29, 0.717) is 12.2 Å². The Hall–Kier alpha value is -1.92. The molecule has 0 spiro atoms. The molecule has 6 heteroatoms. The van der Waals surface area contributed by atoms with Crippen LogP contribution in [0.2, 0.25) is 0 Å². The standard InChI is InChI=1S/C18H21BrN4O/c1-22-8-10-23(11-9-22)15-6-7-17(20-13-15)21-18(24)12-14-4-2-3-5-16(14)19/h2-7,13H,8-12H2,1H3,(H,20,21,24). The van der Waals surface area contributed by atoms with E-state index in [2.05, 4.69) is 43.1 Å². The van der Waals surface area contributed by atoms with Crippen LogP contribution in [0.1, 0.15) is 5.56 Å². The molecular weight excluding hydrogens is 368 g/mol. The highest BCUT2D eigenvalue weighted by Gasteiger charge is 2.14. The molecule has 0 aliphatic carbocycles. The molecule has 1 aliphatic heterocycles. The largest absolute Gasteiger partial charge is 0.368 e. The number of likely N-dealkylation sites (N-methyl/N-ethyl adjacent to an activating group) is 1. The third-order valence-corrected chi connectivity index (χ3v) is 4.97. The van der Waals surface area contributed by atoms with Gasteiger partial charge in [0.05, 0.1) is 18.3 Å². The van der Waals surface area contributed by atoms with Crippen LogP contribution in [0.3, 0.4) is 0 Å². The lowest BCUT2D eigenvalue weighted by atomic mass is 10.1. The summed E-state index contributed by atoms with van der Waals surface area (Å²) in [5, 5.41) is 2.86. The molecule has 0 saturated carbocycles. The highest BCUT2D eigenvalue weighted by atomic mass is 79.9. The van der Waals surface area contributed by atoms with E-state index in [0.717, 1.165) is 41.9 Å². The van der Waals surface area contributed by atoms with Crippen LogP contribution in [0.15, 0.2) is 47.1 Å². The SMILES string of the molecule is CN1CCN(c2ccc(NC(=O)Cc3ccccc3Br)nc2)CC1. The summed E-state index contributed by atoms with van der Waals surface area (Å²) in [6, 6.07) is 11.6. The summed E-state index contributed by atoms with van der Waals surface area (Å²) in [7, 11) is 2.14. The molecule has 24 heavy (non-hydrogen) atoms. The summed E-state index contributed by atoms with van der Waals surface area (Å²) in [6.45, 7) is 4.13. The molecule has 3 rings (SSSR count). The highest BCUT2D eigenvalue weighted by Crippen LogP contribution is 2.19. The Morgan fingerprint density at radius 3 is 2.58 bits per heavy atom. The quantitative estimate of drug-likeness (QED) is 0.874. The molecule has 1 aliphatic rings. The maximum Gasteiger partial charge on any atom is 0.229 e. The van der Waals surface area contributed by atoms with E-state index >= 15 is 0 Å². The fourth-order valence-electron chi connectivity index (χ4n) is 2.71. The minimum atomic E-state index is -0.0678. The van der Waals surface area contributed by atoms with Crippen LogP contribution in [0, 0.1) is 0 Å². The smallest absolute Gasteiger partial charge is 0.229 e. The van der Waals surface area contributed by atoms with E-state index in [1.807, 2.05) is 42.6 Å². The molecule has 2 heterocycles. The third-order valence-electron chi connectivity index (χ3n) is 4.19. The van der Waals surface area contributed by atoms with Gasteiger partial charge in [-0.05, 0) is 30.8 Å². The number of aromatic nitrogens is 1. The summed E-state index contributed by atoms with van der Waals surface area (Å²) >= 11 is 3.46. The van der Waals surface area contributed by atoms with Gasteiger partial charge in [0.15, 0.2) is 0 Å². The zero-order valence-corrected chi connectivity index (χ0v) is 15.3. The van der Waals surface area contributed by atoms with E-state index in [9.17, 15) is 4.79 Å². The minimum Gasteiger partial charge on any atom is -0.368 e. The van der Waals surface area contributed by atoms with Gasteiger partial charge in [-0.2, -0.15) is 0 Å². The molecule has 1 saturated heterocycles. The van der Waals surface area contributed by atoms with E-state index in [-0.39, 0.29) is 5.91 Å². The average Bonchev–Trinajstić information content (AvgIpc) is 2.58. The number of anilines is 2. The van der Waals surface area contributed by atoms with E-state index < -0.39 is 0 Å². The van der Waals surface area contributed by atoms with Crippen molar-refractivity contribution in [2.45, 2.75) is 6.42 Å². The van der Waals surface area contributed by atoms with E-state index in [1.54, 1.807) is 0 Å². The van der Waals surface area contributed by atoms with Crippen molar-refractivity contribution in [1.82, 2.24) is 9.88 Å². The second kappa shape index (κ2) is 7.77. The number of carbonyl (C=O) groups is 1. The molecule has 0 radical (unpaired) electrons. The lowest BCUT2D eigenvalue weighted by Gasteiger charge is -2.33. The van der Waals surface area contributed by atoms with Gasteiger partial charge in [-0.3, -0.25) is 4.79 Å². The van der Waals surface area contributed by atoms with Crippen molar-refractivity contribution >= 4 is 33.3 Å². The molecule has 126 valence electrons. The molecular formula is C18H21BrN4O. The number of rotatable bonds is 4. The summed E-state index contributed by atoms with van der Waals surface area (Å²) in [4.78, 5) is 21.2. The first-order valence-electron chi connectivity index (χ1n) is 8.04. The normalized spacial score (nSPS) is 15.3. The Morgan fingerprint density at radius 1 is 1.17 bits per heavy atom. The highest BCUT2D eigenvalue weighted by molar-refractivity contribution is 9.10. The molecule has 0 atom stereocenters. The summed E-state index contributed by atoms with van der Waals surface area (Å²) in [5.41, 5.74) is 2.07. The van der Waals surface area contributed by atoms with Crippen molar-refractivity contribution in [2.75, 3.05) is 43.4 Å². The molecule has 5 nitrogen and oxygen atoms in total. The van der Waals surface area contributed by atoms with Crippen LogP contribution in [0.25, 0.3) is 0 Å². The van der Waals surface area contributed by atoms with Crippen LogP contribution in [0.4, 0.5) is 11.5 Å². The van der Waals surface area contributed by atoms with Gasteiger partial charge in [-0.1, -0.05) is 34.1 Å². The van der Waals surface area contributed by atoms with Crippen LogP contribution in [0.5, 0.6) is 0 Å². The van der Waals surface area contributed by atoms with Crippen LogP contribution >= 0.6 is 15.9 Å². The zero-order chi connectivity index (χ0) is 16.9. The van der Waals surface area contributed by atoms with Crippen molar-refractivity contribution in [1.29, 1.82) is 0 Å². The van der Waals surface area contributed by atoms with Gasteiger partial charge in [0, 0.05) is 30.7 Å². The number of nitrogens with zero attached hydrogens (tertiary/aromatic N) is 3. The maximum absolute atomic E-state index is 12.2. The zero-order valence-electron chi connectivity index (χ0n) is 13.7. The fraction of sp³-hybridized carbons (Fsp3) is 0.333. The first-order chi connectivity index (χ1) is 11.6. The van der Waals surface area contributed by atoms with Gasteiger partial charge in [-0.15, -0.1) is 0 Å². The second-order valence-electron chi connectivity index (χ2n) is 6.01. The first-order valence-corrected chi connectivity index (χ1v) is 8.84. The number of pyridine rings is 1. The number of hydrogen-bond donors (Lipinski definition) is 1. The van der Waals surface area contributed by atoms with Gasteiger partial charge in [0.1, 0.15) is 5.82 Å². The Labute approximate surface area is 150 Å².